The van der Waals surface area contributed by atoms with Crippen molar-refractivity contribution in [2.45, 2.75) is 20.8 Å². The largest absolute Gasteiger partial charge is 0.422 e. The van der Waals surface area contributed by atoms with Crippen LogP contribution in [0.5, 0.6) is 0 Å². The van der Waals surface area contributed by atoms with Crippen LogP contribution in [0.3, 0.4) is 0 Å². The lowest BCUT2D eigenvalue weighted by Gasteiger charge is -2.15. The Kier molecular flexibility index (Phi) is 2.94. The zero-order valence-electron chi connectivity index (χ0n) is 12.3. The third kappa shape index (κ3) is 2.25. The van der Waals surface area contributed by atoms with Crippen LogP contribution in [0.4, 0.5) is 0 Å². The second-order valence-corrected chi connectivity index (χ2v) is 6.23. The fraction of sp³-hybridized carbons (Fsp3) is 0.222. The number of hydrogen-bond acceptors (Lipinski definition) is 3. The van der Waals surface area contributed by atoms with Gasteiger partial charge in [0.25, 0.3) is 0 Å². The van der Waals surface area contributed by atoms with Gasteiger partial charge in [0.05, 0.1) is 0 Å². The van der Waals surface area contributed by atoms with Gasteiger partial charge in [0.1, 0.15) is 11.1 Å². The molecule has 1 heterocycles. The van der Waals surface area contributed by atoms with Gasteiger partial charge in [0.2, 0.25) is 0 Å². The summed E-state index contributed by atoms with van der Waals surface area (Å²) < 4.78 is 5.34. The molecule has 106 valence electrons. The topological polar surface area (TPSA) is 47.3 Å². The van der Waals surface area contributed by atoms with E-state index in [0.29, 0.717) is 5.58 Å². The highest BCUT2D eigenvalue weighted by molar-refractivity contribution is 6.08. The molecule has 0 radical (unpaired) electrons. The van der Waals surface area contributed by atoms with Gasteiger partial charge in [-0.25, -0.2) is 4.79 Å². The average Bonchev–Trinajstić information content (AvgIpc) is 2.44. The van der Waals surface area contributed by atoms with Crippen molar-refractivity contribution in [1.82, 2.24) is 0 Å². The molecule has 21 heavy (non-hydrogen) atoms. The van der Waals surface area contributed by atoms with Crippen molar-refractivity contribution in [1.29, 1.82) is 0 Å². The maximum absolute atomic E-state index is 12.4. The quantitative estimate of drug-likeness (QED) is 0.382. The molecule has 0 amide bonds. The molecule has 3 rings (SSSR count). The number of Topliss-reactive ketones (excluding diaryl/α,β-unsaturated/α-hetero) is 1. The summed E-state index contributed by atoms with van der Waals surface area (Å²) >= 11 is 0. The van der Waals surface area contributed by atoms with Gasteiger partial charge in [-0.2, -0.15) is 0 Å². The minimum Gasteiger partial charge on any atom is -0.422 e. The summed E-state index contributed by atoms with van der Waals surface area (Å²) in [6.07, 6.45) is 0. The number of hydrogen-bond donors (Lipinski definition) is 0. The molecule has 0 saturated carbocycles. The van der Waals surface area contributed by atoms with E-state index in [2.05, 4.69) is 0 Å². The van der Waals surface area contributed by atoms with Gasteiger partial charge < -0.3 is 4.42 Å². The van der Waals surface area contributed by atoms with E-state index in [-0.39, 0.29) is 11.3 Å². The van der Waals surface area contributed by atoms with E-state index in [1.54, 1.807) is 32.9 Å². The maximum atomic E-state index is 12.4. The maximum Gasteiger partial charge on any atom is 0.347 e. The zero-order valence-corrected chi connectivity index (χ0v) is 12.3. The van der Waals surface area contributed by atoms with Crippen LogP contribution in [0.15, 0.2) is 51.7 Å². The van der Waals surface area contributed by atoms with Crippen molar-refractivity contribution < 1.29 is 9.21 Å². The second kappa shape index (κ2) is 4.55. The third-order valence-corrected chi connectivity index (χ3v) is 3.57. The average molecular weight is 280 g/mol. The molecule has 0 saturated heterocycles. The van der Waals surface area contributed by atoms with Crippen LogP contribution >= 0.6 is 0 Å². The molecule has 2 aromatic carbocycles. The smallest absolute Gasteiger partial charge is 0.347 e. The Labute approximate surface area is 122 Å². The SMILES string of the molecule is CC(C)(C)C(=O)c1cc2c(ccc3ccccc32)oc1=O. The van der Waals surface area contributed by atoms with Crippen LogP contribution in [0.1, 0.15) is 31.1 Å². The molecule has 3 aromatic rings. The molecule has 0 aliphatic rings. The Hall–Kier alpha value is -2.42. The van der Waals surface area contributed by atoms with E-state index in [4.69, 9.17) is 4.42 Å². The lowest BCUT2D eigenvalue weighted by atomic mass is 9.87. The number of fused-ring (bicyclic) bond motifs is 3. The molecular formula is C18H16O3. The summed E-state index contributed by atoms with van der Waals surface area (Å²) in [5, 5.41) is 2.81. The van der Waals surface area contributed by atoms with Crippen LogP contribution in [-0.2, 0) is 0 Å². The van der Waals surface area contributed by atoms with Gasteiger partial charge >= 0.3 is 5.63 Å². The van der Waals surface area contributed by atoms with Gasteiger partial charge in [0.15, 0.2) is 5.78 Å². The first-order valence-corrected chi connectivity index (χ1v) is 6.88. The molecule has 3 heteroatoms. The lowest BCUT2D eigenvalue weighted by Crippen LogP contribution is -2.25. The third-order valence-electron chi connectivity index (χ3n) is 3.57. The molecular weight excluding hydrogens is 264 g/mol. The highest BCUT2D eigenvalue weighted by Gasteiger charge is 2.26. The van der Waals surface area contributed by atoms with E-state index in [9.17, 15) is 9.59 Å². The standard InChI is InChI=1S/C18H16O3/c1-18(2,3)16(19)14-10-13-12-7-5-4-6-11(12)8-9-15(13)21-17(14)20/h4-10H,1-3H3. The summed E-state index contributed by atoms with van der Waals surface area (Å²) in [6, 6.07) is 13.2. The monoisotopic (exact) mass is 280 g/mol. The minimum absolute atomic E-state index is 0.117. The summed E-state index contributed by atoms with van der Waals surface area (Å²) in [5.74, 6) is -0.203. The summed E-state index contributed by atoms with van der Waals surface area (Å²) in [5.41, 5.74) is -0.569. The fourth-order valence-corrected chi connectivity index (χ4v) is 2.43. The Balaban J connectivity index is 2.38. The highest BCUT2D eigenvalue weighted by atomic mass is 16.4. The van der Waals surface area contributed by atoms with E-state index >= 15 is 0 Å². The first kappa shape index (κ1) is 13.6. The second-order valence-electron chi connectivity index (χ2n) is 6.23. The summed E-state index contributed by atoms with van der Waals surface area (Å²) in [6.45, 7) is 5.38. The Morgan fingerprint density at radius 2 is 1.71 bits per heavy atom. The van der Waals surface area contributed by atoms with Gasteiger partial charge in [-0.15, -0.1) is 0 Å². The number of carbonyl (C=O) groups excluding carboxylic acids is 1. The van der Waals surface area contributed by atoms with Crippen molar-refractivity contribution >= 4 is 27.5 Å². The first-order valence-electron chi connectivity index (χ1n) is 6.88. The van der Waals surface area contributed by atoms with Crippen molar-refractivity contribution in [3.8, 4) is 0 Å². The van der Waals surface area contributed by atoms with Crippen LogP contribution in [0, 0.1) is 5.41 Å². The molecule has 0 N–H and O–H groups in total. The van der Waals surface area contributed by atoms with Crippen molar-refractivity contribution in [2.24, 2.45) is 5.41 Å². The molecule has 0 aliphatic heterocycles. The summed E-state index contributed by atoms with van der Waals surface area (Å²) in [4.78, 5) is 24.5. The van der Waals surface area contributed by atoms with Crippen LogP contribution in [0.2, 0.25) is 0 Å². The predicted octanol–water partition coefficient (Wildman–Crippen LogP) is 4.18. The number of rotatable bonds is 1. The minimum atomic E-state index is -0.618. The zero-order chi connectivity index (χ0) is 15.2. The van der Waals surface area contributed by atoms with E-state index in [1.807, 2.05) is 30.3 Å². The number of benzene rings is 2. The molecule has 3 nitrogen and oxygen atoms in total. The van der Waals surface area contributed by atoms with Crippen molar-refractivity contribution in [3.05, 3.63) is 58.4 Å². The fourth-order valence-electron chi connectivity index (χ4n) is 2.43. The normalized spacial score (nSPS) is 12.0. The number of carbonyl (C=O) groups is 1. The Morgan fingerprint density at radius 3 is 2.43 bits per heavy atom. The van der Waals surface area contributed by atoms with Gasteiger partial charge in [-0.05, 0) is 22.9 Å². The van der Waals surface area contributed by atoms with Crippen LogP contribution in [0.25, 0.3) is 21.7 Å². The van der Waals surface area contributed by atoms with E-state index < -0.39 is 11.0 Å². The Morgan fingerprint density at radius 1 is 1.00 bits per heavy atom. The predicted molar refractivity (Wildman–Crippen MR) is 83.8 cm³/mol. The molecule has 0 spiro atoms. The van der Waals surface area contributed by atoms with Crippen molar-refractivity contribution in [2.75, 3.05) is 0 Å². The molecule has 0 bridgehead atoms. The molecule has 0 fully saturated rings. The van der Waals surface area contributed by atoms with Gasteiger partial charge in [0, 0.05) is 10.8 Å². The van der Waals surface area contributed by atoms with Gasteiger partial charge in [-0.1, -0.05) is 51.1 Å². The van der Waals surface area contributed by atoms with Crippen LogP contribution in [-0.4, -0.2) is 5.78 Å². The van der Waals surface area contributed by atoms with Crippen LogP contribution < -0.4 is 5.63 Å². The molecule has 0 aliphatic carbocycles. The molecule has 1 aromatic heterocycles. The number of ketones is 1. The lowest BCUT2D eigenvalue weighted by molar-refractivity contribution is 0.0854. The Bertz CT molecular complexity index is 911. The van der Waals surface area contributed by atoms with Crippen molar-refractivity contribution in [3.63, 3.8) is 0 Å². The summed E-state index contributed by atoms with van der Waals surface area (Å²) in [7, 11) is 0. The van der Waals surface area contributed by atoms with E-state index in [1.165, 1.54) is 0 Å². The molecule has 0 atom stereocenters. The van der Waals surface area contributed by atoms with Gasteiger partial charge in [-0.3, -0.25) is 4.79 Å². The first-order chi connectivity index (χ1) is 9.88. The molecule has 0 unspecified atom stereocenters. The highest BCUT2D eigenvalue weighted by Crippen LogP contribution is 2.27. The van der Waals surface area contributed by atoms with E-state index in [0.717, 1.165) is 16.2 Å².